The van der Waals surface area contributed by atoms with Crippen molar-refractivity contribution < 1.29 is 19.0 Å². The number of piperidine rings is 1. The fourth-order valence-electron chi connectivity index (χ4n) is 3.03. The van der Waals surface area contributed by atoms with E-state index >= 15 is 0 Å². The van der Waals surface area contributed by atoms with Crippen molar-refractivity contribution in [3.05, 3.63) is 29.8 Å². The largest absolute Gasteiger partial charge is 0.497 e. The van der Waals surface area contributed by atoms with Crippen LogP contribution in [0.1, 0.15) is 29.6 Å². The van der Waals surface area contributed by atoms with Crippen LogP contribution in [0, 0.1) is 0 Å². The number of ether oxygens (including phenoxy) is 3. The molecule has 1 atom stereocenters. The van der Waals surface area contributed by atoms with Crippen LogP contribution in [-0.2, 0) is 9.47 Å². The molecule has 22 heavy (non-hydrogen) atoms. The highest BCUT2D eigenvalue weighted by Gasteiger charge is 2.27. The molecule has 1 aromatic rings. The molecule has 0 aliphatic carbocycles. The van der Waals surface area contributed by atoms with Crippen molar-refractivity contribution in [1.82, 2.24) is 4.90 Å². The first-order valence-corrected chi connectivity index (χ1v) is 7.93. The van der Waals surface area contributed by atoms with Crippen molar-refractivity contribution in [3.63, 3.8) is 0 Å². The normalized spacial score (nSPS) is 22.8. The molecular formula is C17H23NO4. The third-order valence-electron chi connectivity index (χ3n) is 4.32. The third kappa shape index (κ3) is 3.59. The highest BCUT2D eigenvalue weighted by molar-refractivity contribution is 5.94. The zero-order valence-corrected chi connectivity index (χ0v) is 13.0. The maximum Gasteiger partial charge on any atom is 0.253 e. The summed E-state index contributed by atoms with van der Waals surface area (Å²) in [6, 6.07) is 7.33. The molecule has 2 fully saturated rings. The number of amides is 1. The van der Waals surface area contributed by atoms with Gasteiger partial charge in [-0.1, -0.05) is 6.07 Å². The minimum Gasteiger partial charge on any atom is -0.497 e. The Kier molecular flexibility index (Phi) is 4.95. The van der Waals surface area contributed by atoms with Crippen LogP contribution in [0.2, 0.25) is 0 Å². The van der Waals surface area contributed by atoms with Gasteiger partial charge in [0, 0.05) is 25.3 Å². The van der Waals surface area contributed by atoms with Crippen LogP contribution in [0.25, 0.3) is 0 Å². The molecule has 2 heterocycles. The standard InChI is InChI=1S/C17H23NO4/c1-20-15-4-2-3-13(11-15)17(19)18-8-5-14(6-9-18)22-16-7-10-21-12-16/h2-4,11,14,16H,5-10,12H2,1H3/t16-/m0/s1. The Balaban J connectivity index is 1.52. The minimum absolute atomic E-state index is 0.0709. The van der Waals surface area contributed by atoms with E-state index in [2.05, 4.69) is 0 Å². The molecular weight excluding hydrogens is 282 g/mol. The van der Waals surface area contributed by atoms with E-state index in [0.29, 0.717) is 17.9 Å². The van der Waals surface area contributed by atoms with Crippen LogP contribution in [-0.4, -0.2) is 56.4 Å². The Labute approximate surface area is 131 Å². The lowest BCUT2D eigenvalue weighted by Gasteiger charge is -2.33. The molecule has 5 nitrogen and oxygen atoms in total. The molecule has 2 aliphatic heterocycles. The van der Waals surface area contributed by atoms with Crippen molar-refractivity contribution in [2.75, 3.05) is 33.4 Å². The predicted molar refractivity (Wildman–Crippen MR) is 82.2 cm³/mol. The van der Waals surface area contributed by atoms with Gasteiger partial charge in [0.05, 0.1) is 25.9 Å². The van der Waals surface area contributed by atoms with Crippen LogP contribution in [0.5, 0.6) is 5.75 Å². The molecule has 0 bridgehead atoms. The summed E-state index contributed by atoms with van der Waals surface area (Å²) >= 11 is 0. The lowest BCUT2D eigenvalue weighted by atomic mass is 10.1. The zero-order valence-electron chi connectivity index (χ0n) is 13.0. The van der Waals surface area contributed by atoms with Gasteiger partial charge in [-0.2, -0.15) is 0 Å². The first-order valence-electron chi connectivity index (χ1n) is 7.93. The number of carbonyl (C=O) groups is 1. The number of hydrogen-bond acceptors (Lipinski definition) is 4. The van der Waals surface area contributed by atoms with E-state index in [1.165, 1.54) is 0 Å². The number of carbonyl (C=O) groups excluding carboxylic acids is 1. The molecule has 120 valence electrons. The summed E-state index contributed by atoms with van der Waals surface area (Å²) in [4.78, 5) is 14.4. The fourth-order valence-corrected chi connectivity index (χ4v) is 3.03. The molecule has 2 aliphatic rings. The van der Waals surface area contributed by atoms with Crippen LogP contribution in [0.15, 0.2) is 24.3 Å². The summed E-state index contributed by atoms with van der Waals surface area (Å²) in [6.07, 6.45) is 3.27. The highest BCUT2D eigenvalue weighted by Crippen LogP contribution is 2.21. The molecule has 0 N–H and O–H groups in total. The maximum atomic E-state index is 12.5. The molecule has 0 unspecified atom stereocenters. The van der Waals surface area contributed by atoms with Gasteiger partial charge in [0.1, 0.15) is 5.75 Å². The molecule has 0 saturated carbocycles. The zero-order chi connectivity index (χ0) is 15.4. The van der Waals surface area contributed by atoms with Gasteiger partial charge in [-0.05, 0) is 37.5 Å². The predicted octanol–water partition coefficient (Wildman–Crippen LogP) is 2.11. The molecule has 2 saturated heterocycles. The monoisotopic (exact) mass is 305 g/mol. The van der Waals surface area contributed by atoms with E-state index in [1.807, 2.05) is 23.1 Å². The fraction of sp³-hybridized carbons (Fsp3) is 0.588. The van der Waals surface area contributed by atoms with Gasteiger partial charge in [-0.3, -0.25) is 4.79 Å². The van der Waals surface area contributed by atoms with E-state index in [-0.39, 0.29) is 18.1 Å². The Morgan fingerprint density at radius 3 is 2.73 bits per heavy atom. The Morgan fingerprint density at radius 2 is 2.05 bits per heavy atom. The number of methoxy groups -OCH3 is 1. The Hall–Kier alpha value is -1.59. The molecule has 0 spiro atoms. The van der Waals surface area contributed by atoms with Crippen molar-refractivity contribution in [2.24, 2.45) is 0 Å². The van der Waals surface area contributed by atoms with E-state index in [0.717, 1.165) is 39.0 Å². The molecule has 0 radical (unpaired) electrons. The quantitative estimate of drug-likeness (QED) is 0.855. The van der Waals surface area contributed by atoms with Crippen molar-refractivity contribution in [2.45, 2.75) is 31.5 Å². The van der Waals surface area contributed by atoms with Gasteiger partial charge >= 0.3 is 0 Å². The van der Waals surface area contributed by atoms with Crippen molar-refractivity contribution in [3.8, 4) is 5.75 Å². The SMILES string of the molecule is COc1cccc(C(=O)N2CCC(O[C@H]3CCOC3)CC2)c1. The summed E-state index contributed by atoms with van der Waals surface area (Å²) in [5.41, 5.74) is 0.683. The summed E-state index contributed by atoms with van der Waals surface area (Å²) in [7, 11) is 1.61. The molecule has 1 aromatic carbocycles. The third-order valence-corrected chi connectivity index (χ3v) is 4.32. The van der Waals surface area contributed by atoms with E-state index in [1.54, 1.807) is 13.2 Å². The smallest absolute Gasteiger partial charge is 0.253 e. The van der Waals surface area contributed by atoms with Crippen LogP contribution < -0.4 is 4.74 Å². The average Bonchev–Trinajstić information content (AvgIpc) is 3.08. The van der Waals surface area contributed by atoms with E-state index in [4.69, 9.17) is 14.2 Å². The van der Waals surface area contributed by atoms with Crippen LogP contribution in [0.4, 0.5) is 0 Å². The average molecular weight is 305 g/mol. The second-order valence-electron chi connectivity index (χ2n) is 5.85. The van der Waals surface area contributed by atoms with Gasteiger partial charge in [0.25, 0.3) is 5.91 Å². The van der Waals surface area contributed by atoms with Gasteiger partial charge in [-0.25, -0.2) is 0 Å². The van der Waals surface area contributed by atoms with Crippen molar-refractivity contribution in [1.29, 1.82) is 0 Å². The van der Waals surface area contributed by atoms with Gasteiger partial charge in [0.2, 0.25) is 0 Å². The topological polar surface area (TPSA) is 48.0 Å². The first kappa shape index (κ1) is 15.3. The lowest BCUT2D eigenvalue weighted by Crippen LogP contribution is -2.41. The van der Waals surface area contributed by atoms with E-state index < -0.39 is 0 Å². The van der Waals surface area contributed by atoms with Crippen LogP contribution in [0.3, 0.4) is 0 Å². The summed E-state index contributed by atoms with van der Waals surface area (Å²) < 4.78 is 16.6. The number of rotatable bonds is 4. The minimum atomic E-state index is 0.0709. The maximum absolute atomic E-state index is 12.5. The molecule has 0 aromatic heterocycles. The summed E-state index contributed by atoms with van der Waals surface area (Å²) in [5.74, 6) is 0.784. The summed E-state index contributed by atoms with van der Waals surface area (Å²) in [6.45, 7) is 3.00. The first-order chi connectivity index (χ1) is 10.8. The molecule has 5 heteroatoms. The van der Waals surface area contributed by atoms with Crippen LogP contribution >= 0.6 is 0 Å². The molecule has 3 rings (SSSR count). The Bertz CT molecular complexity index is 505. The van der Waals surface area contributed by atoms with Gasteiger partial charge in [-0.15, -0.1) is 0 Å². The molecule has 1 amide bonds. The Morgan fingerprint density at radius 1 is 1.23 bits per heavy atom. The number of likely N-dealkylation sites (tertiary alicyclic amines) is 1. The summed E-state index contributed by atoms with van der Waals surface area (Å²) in [5, 5.41) is 0. The van der Waals surface area contributed by atoms with Crippen molar-refractivity contribution >= 4 is 5.91 Å². The van der Waals surface area contributed by atoms with Gasteiger partial charge in [0.15, 0.2) is 0 Å². The number of hydrogen-bond donors (Lipinski definition) is 0. The highest BCUT2D eigenvalue weighted by atomic mass is 16.5. The number of benzene rings is 1. The second-order valence-corrected chi connectivity index (χ2v) is 5.85. The van der Waals surface area contributed by atoms with E-state index in [9.17, 15) is 4.79 Å². The number of nitrogens with zero attached hydrogens (tertiary/aromatic N) is 1. The second kappa shape index (κ2) is 7.11. The van der Waals surface area contributed by atoms with Gasteiger partial charge < -0.3 is 19.1 Å². The lowest BCUT2D eigenvalue weighted by molar-refractivity contribution is -0.0408.